The Morgan fingerprint density at radius 2 is 2.12 bits per heavy atom. The van der Waals surface area contributed by atoms with Gasteiger partial charge in [0, 0.05) is 23.0 Å². The second-order valence-corrected chi connectivity index (χ2v) is 7.92. The van der Waals surface area contributed by atoms with Crippen molar-refractivity contribution in [3.05, 3.63) is 52.0 Å². The lowest BCUT2D eigenvalue weighted by Crippen LogP contribution is -2.17. The van der Waals surface area contributed by atoms with E-state index in [9.17, 15) is 4.79 Å². The molecule has 0 bridgehead atoms. The lowest BCUT2D eigenvalue weighted by atomic mass is 10.1. The summed E-state index contributed by atoms with van der Waals surface area (Å²) in [4.78, 5) is 14.4. The molecule has 0 fully saturated rings. The van der Waals surface area contributed by atoms with Gasteiger partial charge < -0.3 is 14.4 Å². The van der Waals surface area contributed by atoms with Crippen LogP contribution in [-0.2, 0) is 12.2 Å². The topological polar surface area (TPSA) is 60.1 Å². The molecule has 24 heavy (non-hydrogen) atoms. The number of hydrogen-bond donors (Lipinski definition) is 1. The zero-order valence-corrected chi connectivity index (χ0v) is 15.1. The first-order chi connectivity index (χ1) is 11.6. The summed E-state index contributed by atoms with van der Waals surface area (Å²) < 4.78 is 7.18. The van der Waals surface area contributed by atoms with E-state index < -0.39 is 0 Å². The van der Waals surface area contributed by atoms with Crippen LogP contribution in [-0.4, -0.2) is 21.4 Å². The number of fused-ring (bicyclic) bond motifs is 1. The Labute approximate surface area is 148 Å². The molecular formula is C17H17N3O2S2. The van der Waals surface area contributed by atoms with Gasteiger partial charge in [-0.3, -0.25) is 4.79 Å². The fraction of sp³-hybridized carbons (Fsp3) is 0.294. The molecule has 0 radical (unpaired) electrons. The number of thiophene rings is 1. The normalized spacial score (nSPS) is 13.8. The van der Waals surface area contributed by atoms with Crippen molar-refractivity contribution >= 4 is 34.7 Å². The van der Waals surface area contributed by atoms with Crippen LogP contribution in [0.1, 0.15) is 32.3 Å². The third-order valence-electron chi connectivity index (χ3n) is 4.14. The second-order valence-electron chi connectivity index (χ2n) is 5.73. The van der Waals surface area contributed by atoms with Gasteiger partial charge in [-0.25, -0.2) is 0 Å². The molecule has 7 heteroatoms. The summed E-state index contributed by atoms with van der Waals surface area (Å²) in [5.41, 5.74) is 3.34. The third kappa shape index (κ3) is 2.57. The highest BCUT2D eigenvalue weighted by molar-refractivity contribution is 7.98. The molecule has 1 amide bonds. The number of hydrogen-bond acceptors (Lipinski definition) is 5. The zero-order valence-electron chi connectivity index (χ0n) is 13.5. The lowest BCUT2D eigenvalue weighted by Gasteiger charge is -2.13. The molecule has 0 saturated carbocycles. The second kappa shape index (κ2) is 6.14. The molecule has 1 N–H and O–H groups in total. The summed E-state index contributed by atoms with van der Waals surface area (Å²) in [5.74, 6) is 2.58. The minimum absolute atomic E-state index is 0.0856. The number of nitrogens with one attached hydrogen (secondary N) is 1. The largest absolute Gasteiger partial charge is 0.359 e. The highest BCUT2D eigenvalue weighted by atomic mass is 32.2. The number of aromatic nitrogens is 2. The predicted molar refractivity (Wildman–Crippen MR) is 97.4 cm³/mol. The van der Waals surface area contributed by atoms with Gasteiger partial charge in [0.2, 0.25) is 0 Å². The first kappa shape index (κ1) is 15.5. The monoisotopic (exact) mass is 359 g/mol. The Bertz CT molecular complexity index is 874. The molecular weight excluding hydrogens is 342 g/mol. The van der Waals surface area contributed by atoms with Gasteiger partial charge in [-0.1, -0.05) is 5.16 Å². The van der Waals surface area contributed by atoms with E-state index in [-0.39, 0.29) is 5.91 Å². The molecule has 1 aliphatic rings. The molecule has 5 nitrogen and oxygen atoms in total. The number of aryl methyl sites for hydroxylation is 2. The van der Waals surface area contributed by atoms with Gasteiger partial charge in [0.25, 0.3) is 5.91 Å². The number of nitrogens with zero attached hydrogens (tertiary/aromatic N) is 2. The lowest BCUT2D eigenvalue weighted by molar-refractivity contribution is 0.102. The Hall–Kier alpha value is -1.99. The minimum atomic E-state index is -0.0856. The first-order valence-corrected chi connectivity index (χ1v) is 9.72. The maximum Gasteiger partial charge on any atom is 0.259 e. The smallest absolute Gasteiger partial charge is 0.259 e. The Kier molecular flexibility index (Phi) is 3.97. The number of rotatable bonds is 3. The number of thioether (sulfide) groups is 1. The fourth-order valence-electron chi connectivity index (χ4n) is 2.94. The van der Waals surface area contributed by atoms with E-state index in [2.05, 4.69) is 10.5 Å². The molecule has 0 unspecified atom stereocenters. The van der Waals surface area contributed by atoms with Gasteiger partial charge >= 0.3 is 0 Å². The summed E-state index contributed by atoms with van der Waals surface area (Å²) in [7, 11) is 0. The van der Waals surface area contributed by atoms with Crippen molar-refractivity contribution in [1.29, 1.82) is 0 Å². The van der Waals surface area contributed by atoms with Crippen molar-refractivity contribution in [2.75, 3.05) is 11.1 Å². The van der Waals surface area contributed by atoms with E-state index in [1.807, 2.05) is 54.7 Å². The van der Waals surface area contributed by atoms with Crippen molar-refractivity contribution in [1.82, 2.24) is 9.72 Å². The van der Waals surface area contributed by atoms with Crippen LogP contribution < -0.4 is 5.32 Å². The maximum absolute atomic E-state index is 13.1. The average Bonchev–Trinajstić information content (AvgIpc) is 3.29. The highest BCUT2D eigenvalue weighted by Gasteiger charge is 2.27. The fourth-order valence-corrected chi connectivity index (χ4v) is 5.39. The van der Waals surface area contributed by atoms with Gasteiger partial charge in [-0.15, -0.1) is 11.3 Å². The standard InChI is InChI=1S/C17H17N3O2S2/c1-10-15(11(2)22-19-10)18-16(21)14-12-5-8-23-9-13(12)24-17(14)20-6-3-4-7-20/h3-4,6-7H,5,8-9H2,1-2H3,(H,18,21). The molecule has 1 aliphatic heterocycles. The third-order valence-corrected chi connectivity index (χ3v) is 6.55. The Balaban J connectivity index is 1.78. The molecule has 0 aliphatic carbocycles. The maximum atomic E-state index is 13.1. The van der Waals surface area contributed by atoms with Crippen LogP contribution in [0.3, 0.4) is 0 Å². The van der Waals surface area contributed by atoms with E-state index in [1.54, 1.807) is 11.3 Å². The summed E-state index contributed by atoms with van der Waals surface area (Å²) >= 11 is 3.63. The van der Waals surface area contributed by atoms with Crippen LogP contribution in [0.2, 0.25) is 0 Å². The molecule has 4 rings (SSSR count). The SMILES string of the molecule is Cc1noc(C)c1NC(=O)c1c(-n2cccc2)sc2c1CCSC2. The summed E-state index contributed by atoms with van der Waals surface area (Å²) in [6.45, 7) is 3.64. The molecule has 4 heterocycles. The highest BCUT2D eigenvalue weighted by Crippen LogP contribution is 2.38. The van der Waals surface area contributed by atoms with Crippen LogP contribution in [0.15, 0.2) is 29.0 Å². The molecule has 124 valence electrons. The van der Waals surface area contributed by atoms with Gasteiger partial charge in [-0.05, 0) is 43.7 Å². The Morgan fingerprint density at radius 3 is 2.83 bits per heavy atom. The summed E-state index contributed by atoms with van der Waals surface area (Å²) in [6.07, 6.45) is 4.90. The number of carbonyl (C=O) groups is 1. The van der Waals surface area contributed by atoms with E-state index in [0.717, 1.165) is 28.5 Å². The number of amides is 1. The predicted octanol–water partition coefficient (Wildman–Crippen LogP) is 4.19. The molecule has 0 saturated heterocycles. The quantitative estimate of drug-likeness (QED) is 0.762. The van der Waals surface area contributed by atoms with Gasteiger partial charge in [0.05, 0.1) is 5.56 Å². The summed E-state index contributed by atoms with van der Waals surface area (Å²) in [6, 6.07) is 3.95. The zero-order chi connectivity index (χ0) is 16.7. The van der Waals surface area contributed by atoms with Crippen LogP contribution in [0.4, 0.5) is 5.69 Å². The van der Waals surface area contributed by atoms with Gasteiger partial charge in [-0.2, -0.15) is 11.8 Å². The van der Waals surface area contributed by atoms with Crippen molar-refractivity contribution < 1.29 is 9.32 Å². The number of anilines is 1. The molecule has 0 spiro atoms. The van der Waals surface area contributed by atoms with Crippen molar-refractivity contribution in [2.45, 2.75) is 26.0 Å². The summed E-state index contributed by atoms with van der Waals surface area (Å²) in [5, 5.41) is 7.90. The molecule has 3 aromatic rings. The van der Waals surface area contributed by atoms with Crippen LogP contribution in [0, 0.1) is 13.8 Å². The van der Waals surface area contributed by atoms with E-state index in [4.69, 9.17) is 4.52 Å². The van der Waals surface area contributed by atoms with Crippen LogP contribution in [0.5, 0.6) is 0 Å². The Morgan fingerprint density at radius 1 is 1.33 bits per heavy atom. The van der Waals surface area contributed by atoms with Gasteiger partial charge in [0.15, 0.2) is 5.76 Å². The van der Waals surface area contributed by atoms with Crippen molar-refractivity contribution in [3.63, 3.8) is 0 Å². The molecule has 0 atom stereocenters. The van der Waals surface area contributed by atoms with Crippen LogP contribution in [0.25, 0.3) is 5.00 Å². The van der Waals surface area contributed by atoms with Crippen LogP contribution >= 0.6 is 23.1 Å². The van der Waals surface area contributed by atoms with E-state index >= 15 is 0 Å². The van der Waals surface area contributed by atoms with E-state index in [1.165, 1.54) is 10.4 Å². The van der Waals surface area contributed by atoms with E-state index in [0.29, 0.717) is 17.1 Å². The van der Waals surface area contributed by atoms with Crippen molar-refractivity contribution in [3.8, 4) is 5.00 Å². The average molecular weight is 359 g/mol. The minimum Gasteiger partial charge on any atom is -0.359 e. The number of carbonyl (C=O) groups excluding carboxylic acids is 1. The first-order valence-electron chi connectivity index (χ1n) is 7.75. The molecule has 0 aromatic carbocycles. The molecule has 3 aromatic heterocycles. The van der Waals surface area contributed by atoms with Gasteiger partial charge in [0.1, 0.15) is 16.4 Å². The van der Waals surface area contributed by atoms with Crippen molar-refractivity contribution in [2.24, 2.45) is 0 Å².